The Balaban J connectivity index is 1.45. The fourth-order valence-corrected chi connectivity index (χ4v) is 3.05. The van der Waals surface area contributed by atoms with Crippen molar-refractivity contribution in [1.29, 1.82) is 0 Å². The summed E-state index contributed by atoms with van der Waals surface area (Å²) in [5.74, 6) is 2.38. The van der Waals surface area contributed by atoms with Gasteiger partial charge in [0.05, 0.1) is 19.9 Å². The summed E-state index contributed by atoms with van der Waals surface area (Å²) in [6.45, 7) is 2.00. The van der Waals surface area contributed by atoms with Crippen LogP contribution in [-0.4, -0.2) is 30.1 Å². The van der Waals surface area contributed by atoms with E-state index >= 15 is 0 Å². The van der Waals surface area contributed by atoms with Crippen molar-refractivity contribution >= 4 is 11.6 Å². The van der Waals surface area contributed by atoms with Crippen LogP contribution in [0.4, 0.5) is 5.69 Å². The van der Waals surface area contributed by atoms with Gasteiger partial charge in [-0.25, -0.2) is 9.97 Å². The van der Waals surface area contributed by atoms with Crippen LogP contribution in [-0.2, 0) is 0 Å². The lowest BCUT2D eigenvalue weighted by atomic mass is 10.2. The van der Waals surface area contributed by atoms with E-state index in [1.807, 2.05) is 31.2 Å². The van der Waals surface area contributed by atoms with Gasteiger partial charge in [0.2, 0.25) is 0 Å². The molecule has 3 aromatic carbocycles. The van der Waals surface area contributed by atoms with Crippen molar-refractivity contribution in [2.75, 3.05) is 19.5 Å². The number of aromatic nitrogens is 2. The molecule has 0 aliphatic heterocycles. The van der Waals surface area contributed by atoms with Crippen molar-refractivity contribution in [1.82, 2.24) is 9.97 Å². The molecule has 4 aromatic rings. The van der Waals surface area contributed by atoms with Gasteiger partial charge in [0, 0.05) is 24.0 Å². The predicted molar refractivity (Wildman–Crippen MR) is 127 cm³/mol. The standard InChI is InChI=1S/C26H23N3O5/c1-17-4-8-19(9-5-17)33-25-26(28-15-14-27-25)34-20-10-6-18(7-11-20)24(30)29-22-13-12-21(31-2)16-23(22)32-3/h4-16H,1-3H3,(H,29,30). The molecule has 8 heteroatoms. The number of hydrogen-bond acceptors (Lipinski definition) is 7. The van der Waals surface area contributed by atoms with Gasteiger partial charge >= 0.3 is 0 Å². The second kappa shape index (κ2) is 10.4. The van der Waals surface area contributed by atoms with Crippen molar-refractivity contribution in [3.63, 3.8) is 0 Å². The van der Waals surface area contributed by atoms with Crippen molar-refractivity contribution in [3.8, 4) is 34.8 Å². The van der Waals surface area contributed by atoms with E-state index < -0.39 is 0 Å². The van der Waals surface area contributed by atoms with E-state index in [1.54, 1.807) is 49.6 Å². The van der Waals surface area contributed by atoms with Gasteiger partial charge in [-0.05, 0) is 55.5 Å². The van der Waals surface area contributed by atoms with Gasteiger partial charge in [0.25, 0.3) is 17.7 Å². The molecule has 34 heavy (non-hydrogen) atoms. The summed E-state index contributed by atoms with van der Waals surface area (Å²) in [7, 11) is 3.09. The minimum absolute atomic E-state index is 0.211. The zero-order valence-corrected chi connectivity index (χ0v) is 18.9. The Labute approximate surface area is 197 Å². The monoisotopic (exact) mass is 457 g/mol. The van der Waals surface area contributed by atoms with Gasteiger partial charge in [-0.3, -0.25) is 4.79 Å². The van der Waals surface area contributed by atoms with Crippen molar-refractivity contribution < 1.29 is 23.7 Å². The zero-order chi connectivity index (χ0) is 23.9. The minimum atomic E-state index is -0.294. The molecule has 1 aromatic heterocycles. The fraction of sp³-hybridized carbons (Fsp3) is 0.115. The summed E-state index contributed by atoms with van der Waals surface area (Å²) in [6, 6.07) is 19.4. The van der Waals surface area contributed by atoms with Crippen LogP contribution in [0.3, 0.4) is 0 Å². The van der Waals surface area contributed by atoms with Crippen LogP contribution in [0.1, 0.15) is 15.9 Å². The van der Waals surface area contributed by atoms with Crippen molar-refractivity contribution in [2.45, 2.75) is 6.92 Å². The first-order valence-electron chi connectivity index (χ1n) is 10.4. The van der Waals surface area contributed by atoms with Crippen LogP contribution in [0.2, 0.25) is 0 Å². The first kappa shape index (κ1) is 22.6. The lowest BCUT2D eigenvalue weighted by Gasteiger charge is -2.12. The molecule has 4 rings (SSSR count). The van der Waals surface area contributed by atoms with E-state index in [2.05, 4.69) is 15.3 Å². The molecule has 0 bridgehead atoms. The molecule has 0 spiro atoms. The average Bonchev–Trinajstić information content (AvgIpc) is 2.87. The lowest BCUT2D eigenvalue weighted by molar-refractivity contribution is 0.102. The lowest BCUT2D eigenvalue weighted by Crippen LogP contribution is -2.12. The molecule has 0 atom stereocenters. The number of rotatable bonds is 8. The number of amides is 1. The quantitative estimate of drug-likeness (QED) is 0.366. The van der Waals surface area contributed by atoms with Gasteiger partial charge in [-0.1, -0.05) is 17.7 Å². The summed E-state index contributed by atoms with van der Waals surface area (Å²) < 4.78 is 22.2. The van der Waals surface area contributed by atoms with E-state index in [9.17, 15) is 4.79 Å². The molecule has 172 valence electrons. The molecule has 0 aliphatic carbocycles. The molecule has 0 saturated carbocycles. The Morgan fingerprint density at radius 2 is 1.29 bits per heavy atom. The van der Waals surface area contributed by atoms with Crippen LogP contribution in [0, 0.1) is 6.92 Å². The molecule has 0 radical (unpaired) electrons. The Morgan fingerprint density at radius 3 is 1.85 bits per heavy atom. The minimum Gasteiger partial charge on any atom is -0.497 e. The number of ether oxygens (including phenoxy) is 4. The van der Waals surface area contributed by atoms with Crippen LogP contribution < -0.4 is 24.3 Å². The zero-order valence-electron chi connectivity index (χ0n) is 18.9. The molecular weight excluding hydrogens is 434 g/mol. The van der Waals surface area contributed by atoms with E-state index in [0.717, 1.165) is 5.56 Å². The normalized spacial score (nSPS) is 10.3. The number of nitrogens with one attached hydrogen (secondary N) is 1. The number of anilines is 1. The molecule has 8 nitrogen and oxygen atoms in total. The maximum absolute atomic E-state index is 12.7. The number of benzene rings is 3. The number of carbonyl (C=O) groups excluding carboxylic acids is 1. The van der Waals surface area contributed by atoms with Gasteiger partial charge in [-0.2, -0.15) is 0 Å². The first-order chi connectivity index (χ1) is 16.6. The fourth-order valence-electron chi connectivity index (χ4n) is 3.05. The maximum Gasteiger partial charge on any atom is 0.284 e. The first-order valence-corrected chi connectivity index (χ1v) is 10.4. The predicted octanol–water partition coefficient (Wildman–Crippen LogP) is 5.64. The maximum atomic E-state index is 12.7. The summed E-state index contributed by atoms with van der Waals surface area (Å²) >= 11 is 0. The molecule has 0 aliphatic rings. The largest absolute Gasteiger partial charge is 0.497 e. The van der Waals surface area contributed by atoms with E-state index in [4.69, 9.17) is 18.9 Å². The molecular formula is C26H23N3O5. The Morgan fingerprint density at radius 1 is 0.735 bits per heavy atom. The SMILES string of the molecule is COc1ccc(NC(=O)c2ccc(Oc3nccnc3Oc3ccc(C)cc3)cc2)c(OC)c1. The molecule has 1 amide bonds. The highest BCUT2D eigenvalue weighted by molar-refractivity contribution is 6.05. The summed E-state index contributed by atoms with van der Waals surface area (Å²) in [4.78, 5) is 21.1. The average molecular weight is 457 g/mol. The van der Waals surface area contributed by atoms with E-state index in [1.165, 1.54) is 19.5 Å². The molecule has 1 N–H and O–H groups in total. The van der Waals surface area contributed by atoms with Crippen LogP contribution in [0.5, 0.6) is 34.8 Å². The molecule has 1 heterocycles. The van der Waals surface area contributed by atoms with Gasteiger partial charge in [-0.15, -0.1) is 0 Å². The van der Waals surface area contributed by atoms with Crippen molar-refractivity contribution in [2.24, 2.45) is 0 Å². The number of nitrogens with zero attached hydrogens (tertiary/aromatic N) is 2. The topological polar surface area (TPSA) is 91.8 Å². The van der Waals surface area contributed by atoms with Crippen LogP contribution >= 0.6 is 0 Å². The number of methoxy groups -OCH3 is 2. The third-order valence-corrected chi connectivity index (χ3v) is 4.86. The summed E-state index contributed by atoms with van der Waals surface area (Å²) in [5, 5.41) is 2.84. The second-order valence-corrected chi connectivity index (χ2v) is 7.23. The van der Waals surface area contributed by atoms with Gasteiger partial charge in [0.15, 0.2) is 0 Å². The van der Waals surface area contributed by atoms with Crippen LogP contribution in [0.25, 0.3) is 0 Å². The highest BCUT2D eigenvalue weighted by atomic mass is 16.5. The third kappa shape index (κ3) is 5.42. The summed E-state index contributed by atoms with van der Waals surface area (Å²) in [6.07, 6.45) is 3.04. The van der Waals surface area contributed by atoms with E-state index in [-0.39, 0.29) is 17.7 Å². The Bertz CT molecular complexity index is 1270. The van der Waals surface area contributed by atoms with Gasteiger partial charge in [0.1, 0.15) is 23.0 Å². The highest BCUT2D eigenvalue weighted by Gasteiger charge is 2.13. The highest BCUT2D eigenvalue weighted by Crippen LogP contribution is 2.32. The molecule has 0 unspecified atom stereocenters. The molecule has 0 saturated heterocycles. The number of aryl methyl sites for hydroxylation is 1. The van der Waals surface area contributed by atoms with Gasteiger partial charge < -0.3 is 24.3 Å². The number of hydrogen-bond donors (Lipinski definition) is 1. The third-order valence-electron chi connectivity index (χ3n) is 4.86. The van der Waals surface area contributed by atoms with Crippen molar-refractivity contribution in [3.05, 3.63) is 90.3 Å². The van der Waals surface area contributed by atoms with Crippen LogP contribution in [0.15, 0.2) is 79.1 Å². The van der Waals surface area contributed by atoms with E-state index in [0.29, 0.717) is 34.2 Å². The smallest absolute Gasteiger partial charge is 0.284 e. The molecule has 0 fully saturated rings. The Kier molecular flexibility index (Phi) is 6.88. The number of carbonyl (C=O) groups is 1. The Hall–Kier alpha value is -4.59. The second-order valence-electron chi connectivity index (χ2n) is 7.23. The summed E-state index contributed by atoms with van der Waals surface area (Å²) in [5.41, 5.74) is 2.10.